The first-order valence-electron chi connectivity index (χ1n) is 20.6. The normalized spacial score (nSPS) is 16.9. The molecule has 0 unspecified atom stereocenters. The van der Waals surface area contributed by atoms with Gasteiger partial charge in [-0.25, -0.2) is 0 Å². The Kier molecular flexibility index (Phi) is 6.96. The fraction of sp³-hybridized carbons (Fsp3) is 0.160. The van der Waals surface area contributed by atoms with E-state index in [1.54, 1.807) is 0 Å². The van der Waals surface area contributed by atoms with E-state index in [1.165, 1.54) is 83.9 Å². The van der Waals surface area contributed by atoms with Gasteiger partial charge in [-0.1, -0.05) is 111 Å². The van der Waals surface area contributed by atoms with Crippen molar-refractivity contribution in [1.82, 2.24) is 0 Å². The fourth-order valence-corrected chi connectivity index (χ4v) is 16.9. The van der Waals surface area contributed by atoms with E-state index < -0.39 is 16.1 Å². The summed E-state index contributed by atoms with van der Waals surface area (Å²) >= 11 is 0. The summed E-state index contributed by atoms with van der Waals surface area (Å²) in [5.74, 6) is 3.82. The van der Waals surface area contributed by atoms with Gasteiger partial charge in [0.15, 0.2) is 0 Å². The van der Waals surface area contributed by atoms with Gasteiger partial charge in [0, 0.05) is 51.7 Å². The first-order valence-corrected chi connectivity index (χ1v) is 26.6. The maximum Gasteiger partial charge on any atom is 0.260 e. The third kappa shape index (κ3) is 4.61. The molecule has 12 rings (SSSR count). The van der Waals surface area contributed by atoms with Gasteiger partial charge in [-0.15, -0.1) is 0 Å². The van der Waals surface area contributed by atoms with Crippen molar-refractivity contribution in [2.45, 2.75) is 51.9 Å². The molecule has 4 nitrogen and oxygen atoms in total. The Balaban J connectivity index is 1.04. The molecule has 0 radical (unpaired) electrons. The zero-order chi connectivity index (χ0) is 38.2. The number of aryl methyl sites for hydroxylation is 1. The number of hydrogen-bond acceptors (Lipinski definition) is 4. The fourth-order valence-electron chi connectivity index (χ4n) is 10.9. The highest BCUT2D eigenvalue weighted by Gasteiger charge is 2.44. The number of hydrogen-bond donors (Lipinski definition) is 0. The van der Waals surface area contributed by atoms with Gasteiger partial charge >= 0.3 is 0 Å². The lowest BCUT2D eigenvalue weighted by Crippen LogP contribution is -2.59. The van der Waals surface area contributed by atoms with Crippen molar-refractivity contribution in [1.29, 1.82) is 0 Å². The van der Waals surface area contributed by atoms with Crippen LogP contribution in [0.5, 0.6) is 23.0 Å². The Labute approximate surface area is 337 Å². The van der Waals surface area contributed by atoms with Gasteiger partial charge in [0.25, 0.3) is 6.71 Å². The third-order valence-corrected chi connectivity index (χ3v) is 20.8. The molecule has 0 aromatic heterocycles. The van der Waals surface area contributed by atoms with E-state index in [0.717, 1.165) is 47.2 Å². The van der Waals surface area contributed by atoms with Crippen molar-refractivity contribution in [3.63, 3.8) is 0 Å². The van der Waals surface area contributed by atoms with Crippen LogP contribution in [0.2, 0.25) is 26.2 Å². The van der Waals surface area contributed by atoms with Gasteiger partial charge < -0.3 is 19.3 Å². The van der Waals surface area contributed by atoms with Crippen LogP contribution in [0.4, 0.5) is 34.1 Å². The van der Waals surface area contributed by atoms with Crippen LogP contribution < -0.4 is 56.4 Å². The van der Waals surface area contributed by atoms with Gasteiger partial charge in [0.05, 0.1) is 0 Å². The maximum absolute atomic E-state index is 7.20. The first kappa shape index (κ1) is 33.4. The molecule has 5 aliphatic rings. The van der Waals surface area contributed by atoms with Crippen LogP contribution in [0.1, 0.15) is 24.0 Å². The second-order valence-electron chi connectivity index (χ2n) is 17.5. The van der Waals surface area contributed by atoms with E-state index in [1.807, 2.05) is 0 Å². The van der Waals surface area contributed by atoms with Crippen molar-refractivity contribution >= 4 is 94.1 Å². The van der Waals surface area contributed by atoms with Crippen LogP contribution in [-0.2, 0) is 12.8 Å². The number of ether oxygens (including phenoxy) is 2. The SMILES string of the molecule is C[Si]1(C)c2ccccc2N(c2ccc3c(c2)Oc2cc4c(c5c2B3c2ccc(N3c6ccccc6[Si](C)(C)c6ccccc63)cc2O5)CCCC4)c2ccccc21. The summed E-state index contributed by atoms with van der Waals surface area (Å²) in [6, 6.07) is 52.3. The van der Waals surface area contributed by atoms with Crippen molar-refractivity contribution in [3.05, 3.63) is 151 Å². The summed E-state index contributed by atoms with van der Waals surface area (Å²) in [5.41, 5.74) is 13.6. The van der Waals surface area contributed by atoms with E-state index in [0.29, 0.717) is 0 Å². The van der Waals surface area contributed by atoms with E-state index in [9.17, 15) is 0 Å². The highest BCUT2D eigenvalue weighted by molar-refractivity contribution is 7.03. The molecule has 4 aliphatic heterocycles. The second kappa shape index (κ2) is 11.9. The monoisotopic (exact) mass is 770 g/mol. The molecule has 0 amide bonds. The molecule has 0 saturated heterocycles. The van der Waals surface area contributed by atoms with Crippen LogP contribution in [0.25, 0.3) is 0 Å². The van der Waals surface area contributed by atoms with Crippen molar-refractivity contribution < 1.29 is 9.47 Å². The third-order valence-electron chi connectivity index (χ3n) is 13.7. The minimum atomic E-state index is -1.91. The summed E-state index contributed by atoms with van der Waals surface area (Å²) in [7, 11) is -3.81. The number of para-hydroxylation sites is 4. The van der Waals surface area contributed by atoms with Crippen molar-refractivity contribution in [3.8, 4) is 23.0 Å². The minimum absolute atomic E-state index is 0.00244. The Morgan fingerprint density at radius 1 is 0.474 bits per heavy atom. The number of fused-ring (bicyclic) bond motifs is 10. The topological polar surface area (TPSA) is 24.9 Å². The maximum atomic E-state index is 7.20. The predicted molar refractivity (Wildman–Crippen MR) is 244 cm³/mol. The summed E-state index contributed by atoms with van der Waals surface area (Å²) in [6.07, 6.45) is 4.46. The lowest BCUT2D eigenvalue weighted by molar-refractivity contribution is 0.455. The zero-order valence-electron chi connectivity index (χ0n) is 32.9. The molecule has 1 aliphatic carbocycles. The van der Waals surface area contributed by atoms with Gasteiger partial charge in [-0.05, 0) is 111 Å². The molecular weight excluding hydrogens is 728 g/mol. The molecule has 0 saturated carbocycles. The minimum Gasteiger partial charge on any atom is -0.458 e. The molecule has 0 atom stereocenters. The second-order valence-corrected chi connectivity index (χ2v) is 26.2. The molecule has 0 bridgehead atoms. The van der Waals surface area contributed by atoms with E-state index in [2.05, 4.69) is 176 Å². The largest absolute Gasteiger partial charge is 0.458 e. The zero-order valence-corrected chi connectivity index (χ0v) is 34.9. The average molecular weight is 771 g/mol. The summed E-state index contributed by atoms with van der Waals surface area (Å²) < 4.78 is 14.3. The van der Waals surface area contributed by atoms with E-state index in [4.69, 9.17) is 9.47 Å². The smallest absolute Gasteiger partial charge is 0.260 e. The Hall–Kier alpha value is -5.76. The first-order chi connectivity index (χ1) is 27.8. The van der Waals surface area contributed by atoms with E-state index >= 15 is 0 Å². The standard InChI is InChI=1S/C50H43BN2O2Si2/c1-56(2)45-21-11-7-17-38(45)52(39-18-8-12-22-46(39)56)33-25-27-36-42(30-33)54-44-29-32-15-5-6-16-35(32)50-49(44)51(36)37-28-26-34(31-43(37)55-50)53-40-19-9-13-23-47(40)57(3,4)48-24-14-10-20-41(48)53/h7-14,17-31H,5-6,15-16H2,1-4H3. The molecule has 57 heavy (non-hydrogen) atoms. The molecule has 276 valence electrons. The number of nitrogens with zero attached hydrogens (tertiary/aromatic N) is 2. The summed E-state index contributed by atoms with van der Waals surface area (Å²) in [5, 5.41) is 5.85. The molecule has 7 aromatic carbocycles. The number of anilines is 6. The van der Waals surface area contributed by atoms with Gasteiger partial charge in [0.2, 0.25) is 0 Å². The average Bonchev–Trinajstić information content (AvgIpc) is 3.24. The number of benzene rings is 7. The van der Waals surface area contributed by atoms with Crippen LogP contribution >= 0.6 is 0 Å². The Morgan fingerprint density at radius 3 is 1.40 bits per heavy atom. The quantitative estimate of drug-likeness (QED) is 0.165. The summed E-state index contributed by atoms with van der Waals surface area (Å²) in [4.78, 5) is 4.93. The van der Waals surface area contributed by atoms with Crippen LogP contribution in [0.3, 0.4) is 0 Å². The molecule has 7 heteroatoms. The Bertz CT molecular complexity index is 2760. The molecule has 0 N–H and O–H groups in total. The molecule has 0 fully saturated rings. The summed E-state index contributed by atoms with van der Waals surface area (Å²) in [6.45, 7) is 9.92. The molecular formula is C50H43BN2O2Si2. The van der Waals surface area contributed by atoms with Crippen LogP contribution in [0, 0.1) is 0 Å². The van der Waals surface area contributed by atoms with Crippen molar-refractivity contribution in [2.75, 3.05) is 9.80 Å². The van der Waals surface area contributed by atoms with Gasteiger partial charge in [0.1, 0.15) is 39.1 Å². The lowest BCUT2D eigenvalue weighted by Gasteiger charge is -2.42. The molecule has 4 heterocycles. The molecule has 0 spiro atoms. The van der Waals surface area contributed by atoms with Crippen molar-refractivity contribution in [2.24, 2.45) is 0 Å². The van der Waals surface area contributed by atoms with Crippen LogP contribution in [-0.4, -0.2) is 22.9 Å². The van der Waals surface area contributed by atoms with Gasteiger partial charge in [-0.2, -0.15) is 0 Å². The van der Waals surface area contributed by atoms with E-state index in [-0.39, 0.29) is 6.71 Å². The highest BCUT2D eigenvalue weighted by atomic mass is 28.3. The highest BCUT2D eigenvalue weighted by Crippen LogP contribution is 2.46. The van der Waals surface area contributed by atoms with Gasteiger partial charge in [-0.3, -0.25) is 0 Å². The van der Waals surface area contributed by atoms with Crippen LogP contribution in [0.15, 0.2) is 140 Å². The Morgan fingerprint density at radius 2 is 0.912 bits per heavy atom. The number of rotatable bonds is 2. The predicted octanol–water partition coefficient (Wildman–Crippen LogP) is 8.50. The molecule has 7 aromatic rings. The lowest BCUT2D eigenvalue weighted by atomic mass is 9.34.